The average molecular weight is 464 g/mol. The summed E-state index contributed by atoms with van der Waals surface area (Å²) >= 11 is 3.99. The molecule has 3 fully saturated rings. The van der Waals surface area contributed by atoms with Crippen LogP contribution in [0.5, 0.6) is 0 Å². The molecular weight excluding hydrogens is 420 g/mol. The first-order valence-corrected chi connectivity index (χ1v) is 13.5. The predicted molar refractivity (Wildman–Crippen MR) is 126 cm³/mol. The topological polar surface area (TPSA) is 17.1 Å². The van der Waals surface area contributed by atoms with E-state index in [2.05, 4.69) is 50.5 Å². The van der Waals surface area contributed by atoms with Crippen LogP contribution in [0.25, 0.3) is 0 Å². The minimum atomic E-state index is 0.207. The van der Waals surface area contributed by atoms with Crippen molar-refractivity contribution < 1.29 is 4.79 Å². The molecule has 0 saturated heterocycles. The summed E-state index contributed by atoms with van der Waals surface area (Å²) in [5.41, 5.74) is 2.23. The van der Waals surface area contributed by atoms with Gasteiger partial charge in [0, 0.05) is 16.7 Å². The molecule has 2 heteroatoms. The fourth-order valence-corrected chi connectivity index (χ4v) is 9.54. The highest BCUT2D eigenvalue weighted by Gasteiger charge is 2.60. The lowest BCUT2D eigenvalue weighted by Gasteiger charge is -2.59. The van der Waals surface area contributed by atoms with Gasteiger partial charge in [-0.1, -0.05) is 75.4 Å². The summed E-state index contributed by atoms with van der Waals surface area (Å²) in [6.45, 7) is 12.5. The van der Waals surface area contributed by atoms with Crippen LogP contribution in [0.1, 0.15) is 98.8 Å². The number of ketones is 1. The highest BCUT2D eigenvalue weighted by molar-refractivity contribution is 9.09. The largest absolute Gasteiger partial charge is 0.295 e. The second kappa shape index (κ2) is 8.10. The Hall–Kier alpha value is -0.110. The molecule has 0 radical (unpaired) electrons. The molecule has 0 N–H and O–H groups in total. The van der Waals surface area contributed by atoms with Gasteiger partial charge in [0.25, 0.3) is 0 Å². The minimum absolute atomic E-state index is 0.207. The lowest BCUT2D eigenvalue weighted by molar-refractivity contribution is -0.117. The van der Waals surface area contributed by atoms with E-state index in [1.54, 1.807) is 0 Å². The molecule has 0 aliphatic heterocycles. The van der Waals surface area contributed by atoms with E-state index in [0.29, 0.717) is 22.4 Å². The van der Waals surface area contributed by atoms with Crippen molar-refractivity contribution in [3.8, 4) is 0 Å². The van der Waals surface area contributed by atoms with E-state index in [1.165, 1.54) is 56.9 Å². The molecule has 0 heterocycles. The summed E-state index contributed by atoms with van der Waals surface area (Å²) in [6.07, 6.45) is 15.1. The summed E-state index contributed by atoms with van der Waals surface area (Å²) in [5, 5.41) is 0. The van der Waals surface area contributed by atoms with Crippen LogP contribution in [-0.4, -0.2) is 10.6 Å². The van der Waals surface area contributed by atoms with Crippen LogP contribution in [0.4, 0.5) is 0 Å². The molecule has 4 aliphatic carbocycles. The molecule has 4 rings (SSSR count). The van der Waals surface area contributed by atoms with Crippen LogP contribution in [0.2, 0.25) is 0 Å². The minimum Gasteiger partial charge on any atom is -0.295 e. The van der Waals surface area contributed by atoms with E-state index >= 15 is 0 Å². The van der Waals surface area contributed by atoms with Crippen LogP contribution in [0.15, 0.2) is 11.6 Å². The second-order valence-electron chi connectivity index (χ2n) is 12.0. The van der Waals surface area contributed by atoms with Crippen molar-refractivity contribution in [3.63, 3.8) is 0 Å². The quantitative estimate of drug-likeness (QED) is 0.378. The molecule has 4 aliphatic rings. The Morgan fingerprint density at radius 1 is 1.07 bits per heavy atom. The van der Waals surface area contributed by atoms with Gasteiger partial charge >= 0.3 is 0 Å². The summed E-state index contributed by atoms with van der Waals surface area (Å²) in [5.74, 6) is 5.55. The maximum absolute atomic E-state index is 12.2. The zero-order valence-corrected chi connectivity index (χ0v) is 21.1. The number of carbonyl (C=O) groups is 1. The Bertz CT molecular complexity index is 665. The van der Waals surface area contributed by atoms with Crippen molar-refractivity contribution in [2.24, 2.45) is 46.3 Å². The zero-order chi connectivity index (χ0) is 21.0. The maximum atomic E-state index is 12.2. The lowest BCUT2D eigenvalue weighted by atomic mass is 9.46. The highest BCUT2D eigenvalue weighted by atomic mass is 79.9. The van der Waals surface area contributed by atoms with E-state index in [9.17, 15) is 4.79 Å². The monoisotopic (exact) mass is 462 g/mol. The van der Waals surface area contributed by atoms with Crippen molar-refractivity contribution in [1.82, 2.24) is 0 Å². The molecule has 0 spiro atoms. The Balaban J connectivity index is 1.52. The van der Waals surface area contributed by atoms with Crippen molar-refractivity contribution >= 4 is 21.7 Å². The normalized spacial score (nSPS) is 45.4. The molecular formula is C27H43BrO. The SMILES string of the molecule is CC(C)CCC[C@@H](C)[C@H]1CC[C@H]2[C@@H]3CCC4=CC(=O)CC(Br)[C@]4(C)[C@H]3CC[C@]12C. The van der Waals surface area contributed by atoms with E-state index < -0.39 is 0 Å². The number of halogens is 1. The van der Waals surface area contributed by atoms with E-state index in [4.69, 9.17) is 0 Å². The first kappa shape index (κ1) is 22.1. The number of rotatable bonds is 5. The van der Waals surface area contributed by atoms with Crippen molar-refractivity contribution in [2.45, 2.75) is 104 Å². The van der Waals surface area contributed by atoms with Gasteiger partial charge in [0.2, 0.25) is 0 Å². The molecule has 0 aromatic rings. The van der Waals surface area contributed by atoms with E-state index in [0.717, 1.165) is 41.9 Å². The summed E-state index contributed by atoms with van der Waals surface area (Å²) in [6, 6.07) is 0. The van der Waals surface area contributed by atoms with Crippen LogP contribution in [0.3, 0.4) is 0 Å². The van der Waals surface area contributed by atoms with Gasteiger partial charge in [-0.05, 0) is 85.5 Å². The molecule has 1 unspecified atom stereocenters. The molecule has 8 atom stereocenters. The van der Waals surface area contributed by atoms with Crippen molar-refractivity contribution in [3.05, 3.63) is 11.6 Å². The third-order valence-electron chi connectivity index (χ3n) is 10.2. The predicted octanol–water partition coefficient (Wildman–Crippen LogP) is 7.97. The smallest absolute Gasteiger partial charge is 0.156 e. The highest BCUT2D eigenvalue weighted by Crippen LogP contribution is 2.68. The van der Waals surface area contributed by atoms with Crippen molar-refractivity contribution in [2.75, 3.05) is 0 Å². The van der Waals surface area contributed by atoms with Crippen LogP contribution in [-0.2, 0) is 4.79 Å². The molecule has 29 heavy (non-hydrogen) atoms. The molecule has 3 saturated carbocycles. The molecule has 0 bridgehead atoms. The summed E-state index contributed by atoms with van der Waals surface area (Å²) in [7, 11) is 0. The van der Waals surface area contributed by atoms with E-state index in [-0.39, 0.29) is 5.41 Å². The fraction of sp³-hybridized carbons (Fsp3) is 0.889. The van der Waals surface area contributed by atoms with Gasteiger partial charge in [-0.25, -0.2) is 0 Å². The summed E-state index contributed by atoms with van der Waals surface area (Å²) < 4.78 is 0. The molecule has 0 aromatic carbocycles. The van der Waals surface area contributed by atoms with Crippen molar-refractivity contribution in [1.29, 1.82) is 0 Å². The molecule has 0 amide bonds. The van der Waals surface area contributed by atoms with Gasteiger partial charge in [0.15, 0.2) is 5.78 Å². The van der Waals surface area contributed by atoms with E-state index in [1.807, 2.05) is 6.08 Å². The third-order valence-corrected chi connectivity index (χ3v) is 11.5. The zero-order valence-electron chi connectivity index (χ0n) is 19.5. The fourth-order valence-electron chi connectivity index (χ4n) is 8.59. The number of alkyl halides is 1. The Morgan fingerprint density at radius 2 is 1.83 bits per heavy atom. The Kier molecular flexibility index (Phi) is 6.17. The number of carbonyl (C=O) groups excluding carboxylic acids is 1. The van der Waals surface area contributed by atoms with Crippen LogP contribution in [0, 0.1) is 46.3 Å². The molecule has 164 valence electrons. The first-order valence-electron chi connectivity index (χ1n) is 12.6. The molecule has 0 aromatic heterocycles. The van der Waals surface area contributed by atoms with Gasteiger partial charge < -0.3 is 0 Å². The van der Waals surface area contributed by atoms with Gasteiger partial charge in [0.05, 0.1) is 0 Å². The number of fused-ring (bicyclic) bond motifs is 5. The van der Waals surface area contributed by atoms with Gasteiger partial charge in [0.1, 0.15) is 0 Å². The van der Waals surface area contributed by atoms with Gasteiger partial charge in [-0.2, -0.15) is 0 Å². The summed E-state index contributed by atoms with van der Waals surface area (Å²) in [4.78, 5) is 12.5. The van der Waals surface area contributed by atoms with Gasteiger partial charge in [-0.15, -0.1) is 0 Å². The Labute approximate surface area is 188 Å². The maximum Gasteiger partial charge on any atom is 0.156 e. The third kappa shape index (κ3) is 3.62. The Morgan fingerprint density at radius 3 is 2.55 bits per heavy atom. The number of hydrogen-bond donors (Lipinski definition) is 0. The number of allylic oxidation sites excluding steroid dienone is 1. The van der Waals surface area contributed by atoms with Crippen LogP contribution >= 0.6 is 15.9 Å². The van der Waals surface area contributed by atoms with Gasteiger partial charge in [-0.3, -0.25) is 4.79 Å². The standard InChI is InChI=1S/C27H43BrO/c1-17(2)7-6-8-18(3)22-11-12-23-21-10-9-19-15-20(29)16-25(28)27(19,5)24(21)13-14-26(22,23)4/h15,17-18,21-25H,6-14,16H2,1-5H3/t18-,21+,22-,23+,24+,25?,26-,27+/m1/s1. The second-order valence-corrected chi connectivity index (χ2v) is 13.1. The average Bonchev–Trinajstić information content (AvgIpc) is 3.00. The van der Waals surface area contributed by atoms with Crippen LogP contribution < -0.4 is 0 Å². The lowest BCUT2D eigenvalue weighted by Crippen LogP contribution is -2.54. The first-order chi connectivity index (χ1) is 13.7. The number of hydrogen-bond acceptors (Lipinski definition) is 1. The molecule has 1 nitrogen and oxygen atoms in total.